The maximum Gasteiger partial charge on any atom is 0.254 e. The van der Waals surface area contributed by atoms with Crippen molar-refractivity contribution in [1.29, 1.82) is 0 Å². The Morgan fingerprint density at radius 2 is 1.78 bits per heavy atom. The highest BCUT2D eigenvalue weighted by Crippen LogP contribution is 2.33. The molecule has 140 valence electrons. The largest absolute Gasteiger partial charge is 0.345 e. The van der Waals surface area contributed by atoms with Crippen molar-refractivity contribution < 1.29 is 4.79 Å². The first-order valence-electron chi connectivity index (χ1n) is 9.54. The number of para-hydroxylation sites is 1. The van der Waals surface area contributed by atoms with Crippen LogP contribution in [-0.4, -0.2) is 42.0 Å². The molecule has 0 bridgehead atoms. The van der Waals surface area contributed by atoms with Gasteiger partial charge in [0.25, 0.3) is 5.91 Å². The first-order chi connectivity index (χ1) is 13.0. The van der Waals surface area contributed by atoms with Gasteiger partial charge in [0.05, 0.1) is 10.2 Å². The van der Waals surface area contributed by atoms with Crippen LogP contribution in [0.3, 0.4) is 0 Å². The number of piperazine rings is 1. The third kappa shape index (κ3) is 3.44. The van der Waals surface area contributed by atoms with E-state index in [0.717, 1.165) is 48.0 Å². The van der Waals surface area contributed by atoms with Crippen molar-refractivity contribution in [1.82, 2.24) is 9.88 Å². The lowest BCUT2D eigenvalue weighted by atomic mass is 10.0. The summed E-state index contributed by atoms with van der Waals surface area (Å²) >= 11 is 1.76. The van der Waals surface area contributed by atoms with Crippen LogP contribution in [0.5, 0.6) is 0 Å². The SMILES string of the molecule is Cc1ccccc1C(=O)N1CCN(c2nc3c(C(C)C)cccc3s2)CC1. The van der Waals surface area contributed by atoms with E-state index >= 15 is 0 Å². The number of amides is 1. The normalized spacial score (nSPS) is 15.0. The van der Waals surface area contributed by atoms with Crippen LogP contribution in [0.2, 0.25) is 0 Å². The average molecular weight is 380 g/mol. The van der Waals surface area contributed by atoms with Crippen LogP contribution < -0.4 is 4.90 Å². The standard InChI is InChI=1S/C22H25N3OS/c1-15(2)17-9-6-10-19-20(17)23-22(27-19)25-13-11-24(12-14-25)21(26)18-8-5-4-7-16(18)3/h4-10,15H,11-14H2,1-3H3. The van der Waals surface area contributed by atoms with E-state index in [9.17, 15) is 4.79 Å². The number of rotatable bonds is 3. The second-order valence-electron chi connectivity index (χ2n) is 7.44. The van der Waals surface area contributed by atoms with Crippen LogP contribution in [0, 0.1) is 6.92 Å². The molecular formula is C22H25N3OS. The molecular weight excluding hydrogens is 354 g/mol. The summed E-state index contributed by atoms with van der Waals surface area (Å²) in [6.07, 6.45) is 0. The quantitative estimate of drug-likeness (QED) is 0.662. The predicted octanol–water partition coefficient (Wildman–Crippen LogP) is 4.69. The third-order valence-corrected chi connectivity index (χ3v) is 6.36. The number of nitrogens with zero attached hydrogens (tertiary/aromatic N) is 3. The van der Waals surface area contributed by atoms with Gasteiger partial charge in [0.2, 0.25) is 0 Å². The van der Waals surface area contributed by atoms with Gasteiger partial charge in [-0.3, -0.25) is 4.79 Å². The van der Waals surface area contributed by atoms with E-state index in [4.69, 9.17) is 4.98 Å². The van der Waals surface area contributed by atoms with Crippen molar-refractivity contribution in [2.24, 2.45) is 0 Å². The Labute approximate surface area is 164 Å². The van der Waals surface area contributed by atoms with E-state index in [1.807, 2.05) is 36.1 Å². The molecule has 0 saturated carbocycles. The lowest BCUT2D eigenvalue weighted by molar-refractivity contribution is 0.0746. The number of benzene rings is 2. The zero-order valence-corrected chi connectivity index (χ0v) is 16.9. The summed E-state index contributed by atoms with van der Waals surface area (Å²) in [5, 5.41) is 1.07. The van der Waals surface area contributed by atoms with Gasteiger partial charge in [-0.1, -0.05) is 55.5 Å². The fourth-order valence-corrected chi connectivity index (χ4v) is 4.70. The summed E-state index contributed by atoms with van der Waals surface area (Å²) in [6, 6.07) is 14.3. The van der Waals surface area contributed by atoms with Crippen LogP contribution in [0.4, 0.5) is 5.13 Å². The molecule has 1 saturated heterocycles. The Morgan fingerprint density at radius 1 is 1.04 bits per heavy atom. The average Bonchev–Trinajstić information content (AvgIpc) is 3.12. The Bertz CT molecular complexity index is 971. The zero-order valence-electron chi connectivity index (χ0n) is 16.1. The molecule has 4 nitrogen and oxygen atoms in total. The molecule has 1 aliphatic rings. The van der Waals surface area contributed by atoms with Gasteiger partial charge in [0.15, 0.2) is 5.13 Å². The minimum atomic E-state index is 0.138. The monoisotopic (exact) mass is 379 g/mol. The van der Waals surface area contributed by atoms with Crippen molar-refractivity contribution >= 4 is 32.6 Å². The molecule has 1 fully saturated rings. The van der Waals surface area contributed by atoms with Gasteiger partial charge in [0.1, 0.15) is 0 Å². The van der Waals surface area contributed by atoms with Gasteiger partial charge in [-0.15, -0.1) is 0 Å². The molecule has 5 heteroatoms. The van der Waals surface area contributed by atoms with E-state index in [1.54, 1.807) is 11.3 Å². The molecule has 0 unspecified atom stereocenters. The molecule has 1 aliphatic heterocycles. The number of thiazole rings is 1. The molecule has 0 aliphatic carbocycles. The van der Waals surface area contributed by atoms with Crippen LogP contribution >= 0.6 is 11.3 Å². The van der Waals surface area contributed by atoms with Crippen molar-refractivity contribution in [3.8, 4) is 0 Å². The molecule has 0 spiro atoms. The number of aryl methyl sites for hydroxylation is 1. The smallest absolute Gasteiger partial charge is 0.254 e. The van der Waals surface area contributed by atoms with E-state index < -0.39 is 0 Å². The fourth-order valence-electron chi connectivity index (χ4n) is 3.64. The number of hydrogen-bond acceptors (Lipinski definition) is 4. The molecule has 4 rings (SSSR count). The highest BCUT2D eigenvalue weighted by molar-refractivity contribution is 7.22. The number of hydrogen-bond donors (Lipinski definition) is 0. The number of carbonyl (C=O) groups excluding carboxylic acids is 1. The molecule has 1 aromatic heterocycles. The van der Waals surface area contributed by atoms with Crippen molar-refractivity contribution in [3.63, 3.8) is 0 Å². The minimum absolute atomic E-state index is 0.138. The minimum Gasteiger partial charge on any atom is -0.345 e. The fraction of sp³-hybridized carbons (Fsp3) is 0.364. The summed E-state index contributed by atoms with van der Waals surface area (Å²) < 4.78 is 1.25. The second-order valence-corrected chi connectivity index (χ2v) is 8.45. The van der Waals surface area contributed by atoms with Crippen molar-refractivity contribution in [3.05, 3.63) is 59.2 Å². The highest BCUT2D eigenvalue weighted by atomic mass is 32.1. The van der Waals surface area contributed by atoms with Gasteiger partial charge in [-0.05, 0) is 36.1 Å². The summed E-state index contributed by atoms with van der Waals surface area (Å²) in [4.78, 5) is 22.0. The van der Waals surface area contributed by atoms with E-state index in [0.29, 0.717) is 5.92 Å². The predicted molar refractivity (Wildman–Crippen MR) is 113 cm³/mol. The highest BCUT2D eigenvalue weighted by Gasteiger charge is 2.25. The Morgan fingerprint density at radius 3 is 2.48 bits per heavy atom. The lowest BCUT2D eigenvalue weighted by Gasteiger charge is -2.34. The summed E-state index contributed by atoms with van der Waals surface area (Å²) in [5.41, 5.74) is 4.29. The first-order valence-corrected chi connectivity index (χ1v) is 10.4. The zero-order chi connectivity index (χ0) is 19.0. The van der Waals surface area contributed by atoms with Gasteiger partial charge >= 0.3 is 0 Å². The molecule has 0 radical (unpaired) electrons. The Hall–Kier alpha value is -2.40. The maximum atomic E-state index is 12.8. The summed E-state index contributed by atoms with van der Waals surface area (Å²) in [7, 11) is 0. The Balaban J connectivity index is 1.50. The maximum absolute atomic E-state index is 12.8. The first kappa shape index (κ1) is 18.0. The van der Waals surface area contributed by atoms with Crippen LogP contribution in [-0.2, 0) is 0 Å². The van der Waals surface area contributed by atoms with Gasteiger partial charge < -0.3 is 9.80 Å². The van der Waals surface area contributed by atoms with Crippen molar-refractivity contribution in [2.45, 2.75) is 26.7 Å². The Kier molecular flexibility index (Phi) is 4.87. The molecule has 1 amide bonds. The molecule has 0 N–H and O–H groups in total. The third-order valence-electron chi connectivity index (χ3n) is 5.27. The molecule has 2 aromatic carbocycles. The van der Waals surface area contributed by atoms with Crippen molar-refractivity contribution in [2.75, 3.05) is 31.1 Å². The molecule has 0 atom stereocenters. The number of aromatic nitrogens is 1. The number of anilines is 1. The molecule has 27 heavy (non-hydrogen) atoms. The van der Waals surface area contributed by atoms with E-state index in [-0.39, 0.29) is 5.91 Å². The number of fused-ring (bicyclic) bond motifs is 1. The topological polar surface area (TPSA) is 36.4 Å². The lowest BCUT2D eigenvalue weighted by Crippen LogP contribution is -2.48. The second kappa shape index (κ2) is 7.31. The van der Waals surface area contributed by atoms with E-state index in [2.05, 4.69) is 36.9 Å². The van der Waals surface area contributed by atoms with Crippen LogP contribution in [0.1, 0.15) is 41.3 Å². The van der Waals surface area contributed by atoms with Gasteiger partial charge in [-0.2, -0.15) is 0 Å². The number of carbonyl (C=O) groups is 1. The summed E-state index contributed by atoms with van der Waals surface area (Å²) in [6.45, 7) is 9.55. The van der Waals surface area contributed by atoms with Gasteiger partial charge in [-0.25, -0.2) is 4.98 Å². The molecule has 3 aromatic rings. The van der Waals surface area contributed by atoms with Crippen LogP contribution in [0.15, 0.2) is 42.5 Å². The summed E-state index contributed by atoms with van der Waals surface area (Å²) in [5.74, 6) is 0.603. The molecule has 2 heterocycles. The van der Waals surface area contributed by atoms with E-state index in [1.165, 1.54) is 10.3 Å². The van der Waals surface area contributed by atoms with Gasteiger partial charge in [0, 0.05) is 31.7 Å². The van der Waals surface area contributed by atoms with Crippen LogP contribution in [0.25, 0.3) is 10.2 Å².